The predicted octanol–water partition coefficient (Wildman–Crippen LogP) is 6.74. The molecule has 1 atom stereocenters. The van der Waals surface area contributed by atoms with Crippen molar-refractivity contribution in [3.05, 3.63) is 101 Å². The van der Waals surface area contributed by atoms with E-state index in [4.69, 9.17) is 4.74 Å². The number of carbonyl (C=O) groups is 1. The smallest absolute Gasteiger partial charge is 0.237 e. The van der Waals surface area contributed by atoms with E-state index < -0.39 is 6.10 Å². The second-order valence-electron chi connectivity index (χ2n) is 13.2. The Labute approximate surface area is 257 Å². The number of hydrogen-bond acceptors (Lipinski definition) is 4. The number of nitrogens with zero attached hydrogens (tertiary/aromatic N) is 2. The van der Waals surface area contributed by atoms with E-state index in [-0.39, 0.29) is 24.5 Å². The van der Waals surface area contributed by atoms with Gasteiger partial charge in [-0.3, -0.25) is 9.69 Å². The summed E-state index contributed by atoms with van der Waals surface area (Å²) in [5.74, 6) is 1.18. The second kappa shape index (κ2) is 14.7. The number of aryl methyl sites for hydroxylation is 1. The van der Waals surface area contributed by atoms with Gasteiger partial charge in [0.15, 0.2) is 0 Å². The third-order valence-electron chi connectivity index (χ3n) is 7.85. The Hall–Kier alpha value is -3.61. The third-order valence-corrected chi connectivity index (χ3v) is 7.85. The molecule has 2 N–H and O–H groups in total. The van der Waals surface area contributed by atoms with E-state index in [2.05, 4.69) is 93.2 Å². The fourth-order valence-electron chi connectivity index (χ4n) is 5.48. The van der Waals surface area contributed by atoms with E-state index in [9.17, 15) is 9.90 Å². The van der Waals surface area contributed by atoms with E-state index in [1.165, 1.54) is 16.5 Å². The number of carbonyl (C=O) groups excluding carboxylic acids is 1. The quantitative estimate of drug-likeness (QED) is 0.172. The van der Waals surface area contributed by atoms with E-state index in [1.54, 1.807) is 0 Å². The molecule has 0 radical (unpaired) electrons. The molecule has 1 amide bonds. The number of amides is 1. The summed E-state index contributed by atoms with van der Waals surface area (Å²) in [4.78, 5) is 21.4. The molecule has 1 heterocycles. The van der Waals surface area contributed by atoms with Crippen molar-refractivity contribution < 1.29 is 14.6 Å². The molecule has 0 aliphatic rings. The third kappa shape index (κ3) is 9.44. The maximum absolute atomic E-state index is 14.0. The summed E-state index contributed by atoms with van der Waals surface area (Å²) >= 11 is 0. The van der Waals surface area contributed by atoms with E-state index in [0.29, 0.717) is 32.1 Å². The molecule has 3 aromatic carbocycles. The van der Waals surface area contributed by atoms with Crippen LogP contribution in [0.25, 0.3) is 10.9 Å². The summed E-state index contributed by atoms with van der Waals surface area (Å²) in [6.45, 7) is 15.6. The number of benzene rings is 3. The number of para-hydroxylation sites is 2. The number of aliphatic hydroxyl groups is 1. The first-order chi connectivity index (χ1) is 20.5. The zero-order valence-electron chi connectivity index (χ0n) is 26.8. The number of fused-ring (bicyclic) bond motifs is 1. The number of aromatic nitrogens is 1. The highest BCUT2D eigenvalue weighted by Crippen LogP contribution is 2.23. The number of ether oxygens (including phenoxy) is 1. The molecular weight excluding hydrogens is 534 g/mol. The summed E-state index contributed by atoms with van der Waals surface area (Å²) in [6.07, 6.45) is 2.10. The summed E-state index contributed by atoms with van der Waals surface area (Å²) in [7, 11) is 0. The first-order valence-corrected chi connectivity index (χ1v) is 15.5. The van der Waals surface area contributed by atoms with Crippen molar-refractivity contribution in [3.63, 3.8) is 0 Å². The van der Waals surface area contributed by atoms with Crippen LogP contribution in [0.3, 0.4) is 0 Å². The highest BCUT2D eigenvalue weighted by atomic mass is 16.5. The van der Waals surface area contributed by atoms with Crippen molar-refractivity contribution in [2.75, 3.05) is 32.8 Å². The minimum Gasteiger partial charge on any atom is -0.491 e. The fraction of sp³-hybridized carbons (Fsp3) is 0.432. The second-order valence-corrected chi connectivity index (χ2v) is 13.2. The van der Waals surface area contributed by atoms with Crippen LogP contribution < -0.4 is 4.74 Å². The number of hydrogen-bond donors (Lipinski definition) is 2. The van der Waals surface area contributed by atoms with Gasteiger partial charge in [0.2, 0.25) is 5.91 Å². The van der Waals surface area contributed by atoms with Gasteiger partial charge >= 0.3 is 0 Å². The molecule has 0 saturated heterocycles. The highest BCUT2D eigenvalue weighted by molar-refractivity contribution is 5.83. The topological polar surface area (TPSA) is 68.8 Å². The largest absolute Gasteiger partial charge is 0.491 e. The molecule has 0 aliphatic carbocycles. The number of aliphatic hydroxyl groups excluding tert-OH is 1. The van der Waals surface area contributed by atoms with Crippen molar-refractivity contribution >= 4 is 16.8 Å². The summed E-state index contributed by atoms with van der Waals surface area (Å²) in [5, 5.41) is 12.1. The van der Waals surface area contributed by atoms with Crippen LogP contribution in [0.5, 0.6) is 5.75 Å². The van der Waals surface area contributed by atoms with Gasteiger partial charge in [0.05, 0.1) is 6.54 Å². The van der Waals surface area contributed by atoms with Crippen LogP contribution in [0.4, 0.5) is 0 Å². The van der Waals surface area contributed by atoms with Crippen LogP contribution >= 0.6 is 0 Å². The Bertz CT molecular complexity index is 1450. The molecule has 0 fully saturated rings. The Morgan fingerprint density at radius 1 is 0.953 bits per heavy atom. The van der Waals surface area contributed by atoms with Crippen molar-refractivity contribution in [2.24, 2.45) is 5.92 Å². The summed E-state index contributed by atoms with van der Waals surface area (Å²) in [6, 6.07) is 24.7. The average molecular weight is 584 g/mol. The minimum atomic E-state index is -0.712. The van der Waals surface area contributed by atoms with Crippen LogP contribution in [0.2, 0.25) is 0 Å². The Balaban J connectivity index is 1.47. The first-order valence-electron chi connectivity index (χ1n) is 15.5. The molecule has 4 rings (SSSR count). The van der Waals surface area contributed by atoms with Gasteiger partial charge < -0.3 is 19.7 Å². The molecule has 0 saturated carbocycles. The van der Waals surface area contributed by atoms with Crippen molar-refractivity contribution in [1.29, 1.82) is 0 Å². The summed E-state index contributed by atoms with van der Waals surface area (Å²) < 4.78 is 5.91. The van der Waals surface area contributed by atoms with Crippen LogP contribution in [-0.2, 0) is 23.2 Å². The molecule has 230 valence electrons. The molecule has 0 bridgehead atoms. The van der Waals surface area contributed by atoms with Gasteiger partial charge in [0.1, 0.15) is 18.5 Å². The molecule has 43 heavy (non-hydrogen) atoms. The molecule has 0 spiro atoms. The van der Waals surface area contributed by atoms with Gasteiger partial charge in [0.25, 0.3) is 0 Å². The molecular formula is C37H49N3O3. The number of H-pyrrole nitrogens is 1. The van der Waals surface area contributed by atoms with Crippen LogP contribution in [0.15, 0.2) is 79.0 Å². The highest BCUT2D eigenvalue weighted by Gasteiger charge is 2.22. The van der Waals surface area contributed by atoms with Crippen molar-refractivity contribution in [3.8, 4) is 5.75 Å². The summed E-state index contributed by atoms with van der Waals surface area (Å²) in [5.41, 5.74) is 5.81. The Kier molecular flexibility index (Phi) is 11.1. The lowest BCUT2D eigenvalue weighted by molar-refractivity contribution is -0.133. The standard InChI is InChI=1S/C37H49N3O3/c1-27(2)22-39(24-32(41)26-43-35-14-10-7-11-28(35)3)25-36(42)40(23-29-15-17-31(18-16-29)37(4,5)6)20-19-30-21-38-34-13-9-8-12-33(30)34/h7-18,21,27,32,38,41H,19-20,22-26H2,1-6H3/t32-/m0/s1. The minimum absolute atomic E-state index is 0.0624. The van der Waals surface area contributed by atoms with Crippen LogP contribution in [0.1, 0.15) is 56.9 Å². The van der Waals surface area contributed by atoms with E-state index in [0.717, 1.165) is 28.8 Å². The van der Waals surface area contributed by atoms with Gasteiger partial charge in [-0.05, 0) is 59.1 Å². The predicted molar refractivity (Wildman–Crippen MR) is 177 cm³/mol. The van der Waals surface area contributed by atoms with Crippen LogP contribution in [-0.4, -0.2) is 64.7 Å². The monoisotopic (exact) mass is 583 g/mol. The van der Waals surface area contributed by atoms with Gasteiger partial charge in [-0.25, -0.2) is 0 Å². The molecule has 1 aromatic heterocycles. The molecule has 4 aromatic rings. The van der Waals surface area contributed by atoms with Crippen molar-refractivity contribution in [2.45, 2.75) is 66.0 Å². The molecule has 6 nitrogen and oxygen atoms in total. The molecule has 6 heteroatoms. The normalized spacial score (nSPS) is 12.7. The Morgan fingerprint density at radius 3 is 2.35 bits per heavy atom. The van der Waals surface area contributed by atoms with E-state index >= 15 is 0 Å². The molecule has 0 unspecified atom stereocenters. The fourth-order valence-corrected chi connectivity index (χ4v) is 5.48. The van der Waals surface area contributed by atoms with Gasteiger partial charge in [-0.1, -0.05) is 95.3 Å². The maximum Gasteiger partial charge on any atom is 0.237 e. The lowest BCUT2D eigenvalue weighted by Gasteiger charge is -2.30. The first kappa shape index (κ1) is 32.3. The zero-order chi connectivity index (χ0) is 31.0. The zero-order valence-corrected chi connectivity index (χ0v) is 26.8. The number of rotatable bonds is 14. The maximum atomic E-state index is 14.0. The lowest BCUT2D eigenvalue weighted by atomic mass is 9.87. The molecule has 0 aliphatic heterocycles. The van der Waals surface area contributed by atoms with Gasteiger partial charge in [-0.2, -0.15) is 0 Å². The lowest BCUT2D eigenvalue weighted by Crippen LogP contribution is -2.45. The Morgan fingerprint density at radius 2 is 1.65 bits per heavy atom. The van der Waals surface area contributed by atoms with Gasteiger partial charge in [0, 0.05) is 43.3 Å². The number of nitrogens with one attached hydrogen (secondary N) is 1. The van der Waals surface area contributed by atoms with Crippen molar-refractivity contribution in [1.82, 2.24) is 14.8 Å². The SMILES string of the molecule is Cc1ccccc1OC[C@@H](O)CN(CC(=O)N(CCc1c[nH]c2ccccc12)Cc1ccc(C(C)(C)C)cc1)CC(C)C. The van der Waals surface area contributed by atoms with E-state index in [1.807, 2.05) is 42.2 Å². The van der Waals surface area contributed by atoms with Gasteiger partial charge in [-0.15, -0.1) is 0 Å². The van der Waals surface area contributed by atoms with Crippen LogP contribution in [0, 0.1) is 12.8 Å². The number of aromatic amines is 1. The average Bonchev–Trinajstić information content (AvgIpc) is 3.37.